The maximum absolute atomic E-state index is 13.1. The third-order valence-electron chi connectivity index (χ3n) is 7.56. The molecule has 1 saturated heterocycles. The first-order valence-electron chi connectivity index (χ1n) is 12.2. The van der Waals surface area contributed by atoms with Crippen LogP contribution in [0.2, 0.25) is 0 Å². The number of benzene rings is 2. The number of amides is 1. The Labute approximate surface area is 209 Å². The number of fused-ring (bicyclic) bond motifs is 2. The summed E-state index contributed by atoms with van der Waals surface area (Å²) in [5, 5.41) is 3.73. The smallest absolute Gasteiger partial charge is 0.227 e. The van der Waals surface area contributed by atoms with Gasteiger partial charge in [0.05, 0.1) is 6.42 Å². The Morgan fingerprint density at radius 2 is 1.91 bits per heavy atom. The zero-order chi connectivity index (χ0) is 22.9. The van der Waals surface area contributed by atoms with E-state index in [1.807, 2.05) is 11.3 Å². The Morgan fingerprint density at radius 1 is 1.09 bits per heavy atom. The van der Waals surface area contributed by atoms with Crippen molar-refractivity contribution in [1.29, 1.82) is 0 Å². The molecule has 0 spiro atoms. The molecule has 0 saturated carbocycles. The van der Waals surface area contributed by atoms with E-state index in [-0.39, 0.29) is 0 Å². The van der Waals surface area contributed by atoms with Crippen LogP contribution in [-0.4, -0.2) is 48.4 Å². The van der Waals surface area contributed by atoms with E-state index in [2.05, 4.69) is 75.3 Å². The minimum absolute atomic E-state index is 0.310. The lowest BCUT2D eigenvalue weighted by Crippen LogP contribution is -2.43. The van der Waals surface area contributed by atoms with Crippen LogP contribution in [0.25, 0.3) is 10.1 Å². The fourth-order valence-electron chi connectivity index (χ4n) is 5.53. The topological polar surface area (TPSA) is 23.6 Å². The summed E-state index contributed by atoms with van der Waals surface area (Å²) in [6, 6.07) is 11.2. The molecule has 1 unspecified atom stereocenters. The molecule has 3 heterocycles. The standard InChI is InChI=1S/C28H33BrN2OS/c1-19-12-22-8-11-31(28(32)14-24(22)13-20(19)2)17-21-4-3-9-30(16-21)10-7-23-18-33-27-15-25(29)5-6-26(23)27/h5-6,12-13,15,18,21H,3-4,7-11,14,16-17H2,1-2H3. The SMILES string of the molecule is Cc1cc2c(cc1C)CC(=O)N(CC1CCCN(CCc3csc4cc(Br)ccc34)C1)CC2. The molecule has 2 aromatic carbocycles. The van der Waals surface area contributed by atoms with Crippen LogP contribution >= 0.6 is 27.3 Å². The summed E-state index contributed by atoms with van der Waals surface area (Å²) in [5.74, 6) is 0.896. The van der Waals surface area contributed by atoms with Crippen molar-refractivity contribution in [1.82, 2.24) is 9.80 Å². The van der Waals surface area contributed by atoms with Crippen LogP contribution in [0.4, 0.5) is 0 Å². The van der Waals surface area contributed by atoms with Crippen molar-refractivity contribution >= 4 is 43.3 Å². The Kier molecular flexibility index (Phi) is 6.91. The monoisotopic (exact) mass is 524 g/mol. The maximum atomic E-state index is 13.1. The zero-order valence-corrected chi connectivity index (χ0v) is 22.1. The summed E-state index contributed by atoms with van der Waals surface area (Å²) in [5.41, 5.74) is 6.71. The predicted molar refractivity (Wildman–Crippen MR) is 142 cm³/mol. The van der Waals surface area contributed by atoms with Gasteiger partial charge in [0.2, 0.25) is 5.91 Å². The molecule has 0 N–H and O–H groups in total. The molecule has 0 bridgehead atoms. The second kappa shape index (κ2) is 9.89. The molecular formula is C28H33BrN2OS. The molecule has 174 valence electrons. The maximum Gasteiger partial charge on any atom is 0.227 e. The number of carbonyl (C=O) groups excluding carboxylic acids is 1. The van der Waals surface area contributed by atoms with Crippen LogP contribution < -0.4 is 0 Å². The Balaban J connectivity index is 1.18. The predicted octanol–water partition coefficient (Wildman–Crippen LogP) is 6.16. The van der Waals surface area contributed by atoms with E-state index in [1.54, 1.807) is 0 Å². The molecule has 3 aromatic rings. The second-order valence-corrected chi connectivity index (χ2v) is 11.8. The quantitative estimate of drug-likeness (QED) is 0.398. The molecule has 2 aliphatic heterocycles. The summed E-state index contributed by atoms with van der Waals surface area (Å²) in [7, 11) is 0. The highest BCUT2D eigenvalue weighted by Gasteiger charge is 2.26. The molecule has 5 heteroatoms. The van der Waals surface area contributed by atoms with E-state index in [4.69, 9.17) is 0 Å². The number of likely N-dealkylation sites (tertiary alicyclic amines) is 1. The Morgan fingerprint density at radius 3 is 2.76 bits per heavy atom. The van der Waals surface area contributed by atoms with Crippen molar-refractivity contribution in [3.05, 3.63) is 68.0 Å². The van der Waals surface area contributed by atoms with Gasteiger partial charge in [0.1, 0.15) is 0 Å². The average molecular weight is 526 g/mol. The molecule has 33 heavy (non-hydrogen) atoms. The number of aryl methyl sites for hydroxylation is 2. The van der Waals surface area contributed by atoms with Gasteiger partial charge in [0.15, 0.2) is 0 Å². The first kappa shape index (κ1) is 23.1. The van der Waals surface area contributed by atoms with Gasteiger partial charge >= 0.3 is 0 Å². The Hall–Kier alpha value is -1.69. The lowest BCUT2D eigenvalue weighted by atomic mass is 9.96. The number of hydrogen-bond donors (Lipinski definition) is 0. The number of rotatable bonds is 5. The number of thiophene rings is 1. The molecule has 5 rings (SSSR count). The third kappa shape index (κ3) is 5.21. The average Bonchev–Trinajstić information content (AvgIpc) is 3.13. The second-order valence-electron chi connectivity index (χ2n) is 9.93. The van der Waals surface area contributed by atoms with Crippen molar-refractivity contribution in [3.63, 3.8) is 0 Å². The van der Waals surface area contributed by atoms with Crippen LogP contribution in [-0.2, 0) is 24.1 Å². The van der Waals surface area contributed by atoms with Crippen molar-refractivity contribution in [2.45, 2.75) is 46.0 Å². The minimum Gasteiger partial charge on any atom is -0.342 e. The summed E-state index contributed by atoms with van der Waals surface area (Å²) in [4.78, 5) is 17.8. The largest absolute Gasteiger partial charge is 0.342 e. The van der Waals surface area contributed by atoms with Gasteiger partial charge in [0, 0.05) is 35.4 Å². The Bertz CT molecular complexity index is 1170. The van der Waals surface area contributed by atoms with Gasteiger partial charge < -0.3 is 9.80 Å². The number of nitrogens with zero attached hydrogens (tertiary/aromatic N) is 2. The summed E-state index contributed by atoms with van der Waals surface area (Å²) < 4.78 is 2.51. The van der Waals surface area contributed by atoms with Gasteiger partial charge in [-0.1, -0.05) is 34.1 Å². The van der Waals surface area contributed by atoms with Crippen LogP contribution in [0.3, 0.4) is 0 Å². The minimum atomic E-state index is 0.310. The van der Waals surface area contributed by atoms with Crippen molar-refractivity contribution in [3.8, 4) is 0 Å². The van der Waals surface area contributed by atoms with E-state index in [9.17, 15) is 4.79 Å². The molecule has 0 radical (unpaired) electrons. The molecule has 3 nitrogen and oxygen atoms in total. The molecule has 0 aliphatic carbocycles. The van der Waals surface area contributed by atoms with Gasteiger partial charge in [-0.15, -0.1) is 11.3 Å². The van der Waals surface area contributed by atoms with Gasteiger partial charge in [0.25, 0.3) is 0 Å². The molecule has 1 fully saturated rings. The van der Waals surface area contributed by atoms with E-state index < -0.39 is 0 Å². The van der Waals surface area contributed by atoms with Gasteiger partial charge in [-0.2, -0.15) is 0 Å². The summed E-state index contributed by atoms with van der Waals surface area (Å²) in [6.45, 7) is 9.50. The van der Waals surface area contributed by atoms with Crippen LogP contribution in [0, 0.1) is 19.8 Å². The first-order chi connectivity index (χ1) is 16.0. The van der Waals surface area contributed by atoms with Gasteiger partial charge in [-0.05, 0) is 103 Å². The molecule has 2 aliphatic rings. The molecule has 1 aromatic heterocycles. The fraction of sp³-hybridized carbons (Fsp3) is 0.464. The van der Waals surface area contributed by atoms with Gasteiger partial charge in [-0.3, -0.25) is 4.79 Å². The van der Waals surface area contributed by atoms with Crippen molar-refractivity contribution in [2.75, 3.05) is 32.7 Å². The third-order valence-corrected chi connectivity index (χ3v) is 9.05. The summed E-state index contributed by atoms with van der Waals surface area (Å²) >= 11 is 5.43. The van der Waals surface area contributed by atoms with Crippen LogP contribution in [0.15, 0.2) is 40.2 Å². The number of piperidine rings is 1. The van der Waals surface area contributed by atoms with Gasteiger partial charge in [-0.25, -0.2) is 0 Å². The molecule has 1 atom stereocenters. The van der Waals surface area contributed by atoms with Crippen LogP contribution in [0.5, 0.6) is 0 Å². The number of carbonyl (C=O) groups is 1. The summed E-state index contributed by atoms with van der Waals surface area (Å²) in [6.07, 6.45) is 5.13. The van der Waals surface area contributed by atoms with Crippen LogP contribution in [0.1, 0.15) is 40.7 Å². The fourth-order valence-corrected chi connectivity index (χ4v) is 7.07. The normalized spacial score (nSPS) is 19.7. The number of hydrogen-bond acceptors (Lipinski definition) is 3. The van der Waals surface area contributed by atoms with E-state index in [0.29, 0.717) is 18.2 Å². The molecule has 1 amide bonds. The molecular weight excluding hydrogens is 492 g/mol. The van der Waals surface area contributed by atoms with Crippen molar-refractivity contribution in [2.24, 2.45) is 5.92 Å². The lowest BCUT2D eigenvalue weighted by Gasteiger charge is -2.35. The highest BCUT2D eigenvalue weighted by Crippen LogP contribution is 2.30. The highest BCUT2D eigenvalue weighted by atomic mass is 79.9. The first-order valence-corrected chi connectivity index (χ1v) is 13.9. The van der Waals surface area contributed by atoms with E-state index >= 15 is 0 Å². The van der Waals surface area contributed by atoms with Crippen molar-refractivity contribution < 1.29 is 4.79 Å². The lowest BCUT2D eigenvalue weighted by molar-refractivity contribution is -0.131. The number of halogens is 1. The van der Waals surface area contributed by atoms with E-state index in [1.165, 1.54) is 57.3 Å². The zero-order valence-electron chi connectivity index (χ0n) is 19.7. The van der Waals surface area contributed by atoms with E-state index in [0.717, 1.165) is 43.5 Å². The highest BCUT2D eigenvalue weighted by molar-refractivity contribution is 9.10.